The maximum Gasteiger partial charge on any atom is 0.259 e. The number of nitrogens with one attached hydrogen (secondary N) is 2. The van der Waals surface area contributed by atoms with Crippen molar-refractivity contribution in [2.75, 3.05) is 13.2 Å². The Hall–Kier alpha value is -2.86. The van der Waals surface area contributed by atoms with Crippen LogP contribution in [0.15, 0.2) is 53.6 Å². The Labute approximate surface area is 150 Å². The lowest BCUT2D eigenvalue weighted by atomic mass is 10.2. The fraction of sp³-hybridized carbons (Fsp3) is 0.167. The number of amides is 2. The van der Waals surface area contributed by atoms with E-state index in [4.69, 9.17) is 16.3 Å². The van der Waals surface area contributed by atoms with Gasteiger partial charge in [-0.1, -0.05) is 11.6 Å². The summed E-state index contributed by atoms with van der Waals surface area (Å²) >= 11 is 5.76. The van der Waals surface area contributed by atoms with Crippen molar-refractivity contribution in [1.82, 2.24) is 10.7 Å². The molecule has 0 atom stereocenters. The average Bonchev–Trinajstić information content (AvgIpc) is 2.62. The fourth-order valence-electron chi connectivity index (χ4n) is 1.90. The molecule has 0 aromatic heterocycles. The highest BCUT2D eigenvalue weighted by Crippen LogP contribution is 2.10. The van der Waals surface area contributed by atoms with Crippen LogP contribution >= 0.6 is 11.6 Å². The number of hydrazone groups is 1. The molecule has 0 spiro atoms. The van der Waals surface area contributed by atoms with Gasteiger partial charge in [-0.15, -0.1) is 0 Å². The molecule has 0 saturated heterocycles. The summed E-state index contributed by atoms with van der Waals surface area (Å²) in [5.41, 5.74) is 3.59. The molecule has 0 aliphatic rings. The Kier molecular flexibility index (Phi) is 6.98. The molecule has 2 amide bonds. The number of hydrogen-bond acceptors (Lipinski definition) is 4. The maximum absolute atomic E-state index is 11.9. The van der Waals surface area contributed by atoms with Gasteiger partial charge < -0.3 is 10.1 Å². The Balaban J connectivity index is 1.76. The van der Waals surface area contributed by atoms with Gasteiger partial charge >= 0.3 is 0 Å². The lowest BCUT2D eigenvalue weighted by Gasteiger charge is -2.04. The largest absolute Gasteiger partial charge is 0.494 e. The highest BCUT2D eigenvalue weighted by atomic mass is 35.5. The molecule has 2 aromatic rings. The lowest BCUT2D eigenvalue weighted by molar-refractivity contribution is -0.120. The van der Waals surface area contributed by atoms with Gasteiger partial charge in [-0.25, -0.2) is 5.43 Å². The van der Waals surface area contributed by atoms with Crippen LogP contribution in [0.3, 0.4) is 0 Å². The van der Waals surface area contributed by atoms with Crippen molar-refractivity contribution < 1.29 is 14.3 Å². The third-order valence-electron chi connectivity index (χ3n) is 3.11. The molecule has 25 heavy (non-hydrogen) atoms. The Morgan fingerprint density at radius 1 is 1.12 bits per heavy atom. The van der Waals surface area contributed by atoms with Crippen LogP contribution in [0.5, 0.6) is 5.75 Å². The van der Waals surface area contributed by atoms with Crippen LogP contribution in [0.1, 0.15) is 22.8 Å². The van der Waals surface area contributed by atoms with Crippen molar-refractivity contribution in [2.24, 2.45) is 5.10 Å². The smallest absolute Gasteiger partial charge is 0.259 e. The minimum atomic E-state index is -0.426. The van der Waals surface area contributed by atoms with Crippen molar-refractivity contribution >= 4 is 29.6 Å². The number of hydrogen-bond donors (Lipinski definition) is 2. The summed E-state index contributed by atoms with van der Waals surface area (Å²) in [7, 11) is 0. The van der Waals surface area contributed by atoms with Gasteiger partial charge in [0, 0.05) is 10.6 Å². The zero-order valence-corrected chi connectivity index (χ0v) is 14.4. The van der Waals surface area contributed by atoms with Crippen molar-refractivity contribution in [2.45, 2.75) is 6.92 Å². The molecule has 0 aliphatic carbocycles. The SMILES string of the molecule is CCOc1ccc(/C=N\NC(=O)CNC(=O)c2ccc(Cl)cc2)cc1. The van der Waals surface area contributed by atoms with Gasteiger partial charge in [-0.05, 0) is 61.0 Å². The first-order chi connectivity index (χ1) is 12.1. The van der Waals surface area contributed by atoms with Crippen LogP contribution in [0.2, 0.25) is 5.02 Å². The molecular weight excluding hydrogens is 342 g/mol. The van der Waals surface area contributed by atoms with E-state index in [1.807, 2.05) is 31.2 Å². The predicted octanol–water partition coefficient (Wildman–Crippen LogP) is 2.62. The van der Waals surface area contributed by atoms with E-state index in [1.54, 1.807) is 24.3 Å². The van der Waals surface area contributed by atoms with Gasteiger partial charge in [-0.2, -0.15) is 5.10 Å². The zero-order chi connectivity index (χ0) is 18.1. The van der Waals surface area contributed by atoms with Gasteiger partial charge in [-0.3, -0.25) is 9.59 Å². The van der Waals surface area contributed by atoms with Crippen LogP contribution in [-0.2, 0) is 4.79 Å². The molecule has 0 saturated carbocycles. The number of benzene rings is 2. The summed E-state index contributed by atoms with van der Waals surface area (Å²) in [5, 5.41) is 6.89. The van der Waals surface area contributed by atoms with E-state index >= 15 is 0 Å². The van der Waals surface area contributed by atoms with Gasteiger partial charge in [0.1, 0.15) is 5.75 Å². The van der Waals surface area contributed by atoms with E-state index in [0.717, 1.165) is 11.3 Å². The second-order valence-electron chi connectivity index (χ2n) is 4.98. The van der Waals surface area contributed by atoms with Crippen LogP contribution in [0.4, 0.5) is 0 Å². The van der Waals surface area contributed by atoms with E-state index in [9.17, 15) is 9.59 Å². The standard InChI is InChI=1S/C18H18ClN3O3/c1-2-25-16-9-3-13(4-10-16)11-21-22-17(23)12-20-18(24)14-5-7-15(19)8-6-14/h3-11H,2,12H2,1H3,(H,20,24)(H,22,23)/b21-11-. The fourth-order valence-corrected chi connectivity index (χ4v) is 2.02. The second-order valence-corrected chi connectivity index (χ2v) is 5.42. The third kappa shape index (κ3) is 6.27. The zero-order valence-electron chi connectivity index (χ0n) is 13.7. The molecule has 7 heteroatoms. The van der Waals surface area contributed by atoms with Crippen LogP contribution in [0.25, 0.3) is 0 Å². The van der Waals surface area contributed by atoms with Crippen LogP contribution < -0.4 is 15.5 Å². The first-order valence-electron chi connectivity index (χ1n) is 7.67. The summed E-state index contributed by atoms with van der Waals surface area (Å²) in [5.74, 6) is -0.0135. The summed E-state index contributed by atoms with van der Waals surface area (Å²) < 4.78 is 5.34. The first-order valence-corrected chi connectivity index (χ1v) is 8.05. The minimum absolute atomic E-state index is 0.178. The van der Waals surface area contributed by atoms with Crippen LogP contribution in [0, 0.1) is 0 Å². The summed E-state index contributed by atoms with van der Waals surface area (Å²) in [6.45, 7) is 2.34. The van der Waals surface area contributed by atoms with Gasteiger partial charge in [0.05, 0.1) is 19.4 Å². The number of carbonyl (C=O) groups excluding carboxylic acids is 2. The molecule has 2 rings (SSSR count). The van der Waals surface area contributed by atoms with Gasteiger partial charge in [0.25, 0.3) is 11.8 Å². The molecule has 6 nitrogen and oxygen atoms in total. The van der Waals surface area contributed by atoms with Crippen molar-refractivity contribution in [1.29, 1.82) is 0 Å². The molecule has 0 unspecified atom stereocenters. The van der Waals surface area contributed by atoms with Crippen molar-refractivity contribution in [3.8, 4) is 5.75 Å². The summed E-state index contributed by atoms with van der Waals surface area (Å²) in [4.78, 5) is 23.5. The quantitative estimate of drug-likeness (QED) is 0.589. The van der Waals surface area contributed by atoms with E-state index in [2.05, 4.69) is 15.8 Å². The summed E-state index contributed by atoms with van der Waals surface area (Å²) in [6.07, 6.45) is 1.51. The number of nitrogens with zero attached hydrogens (tertiary/aromatic N) is 1. The Morgan fingerprint density at radius 3 is 2.44 bits per heavy atom. The molecule has 0 heterocycles. The lowest BCUT2D eigenvalue weighted by Crippen LogP contribution is -2.34. The molecule has 2 aromatic carbocycles. The van der Waals surface area contributed by atoms with Crippen molar-refractivity contribution in [3.63, 3.8) is 0 Å². The number of carbonyl (C=O) groups is 2. The van der Waals surface area contributed by atoms with E-state index < -0.39 is 5.91 Å². The Bertz CT molecular complexity index is 743. The summed E-state index contributed by atoms with van der Waals surface area (Å²) in [6, 6.07) is 13.7. The molecule has 0 bridgehead atoms. The molecule has 130 valence electrons. The molecule has 0 aliphatic heterocycles. The highest BCUT2D eigenvalue weighted by molar-refractivity contribution is 6.30. The van der Waals surface area contributed by atoms with E-state index in [0.29, 0.717) is 17.2 Å². The number of rotatable bonds is 7. The van der Waals surface area contributed by atoms with Crippen LogP contribution in [-0.4, -0.2) is 31.2 Å². The molecule has 2 N–H and O–H groups in total. The molecule has 0 fully saturated rings. The highest BCUT2D eigenvalue weighted by Gasteiger charge is 2.07. The van der Waals surface area contributed by atoms with E-state index in [-0.39, 0.29) is 12.5 Å². The van der Waals surface area contributed by atoms with Gasteiger partial charge in [0.15, 0.2) is 0 Å². The average molecular weight is 360 g/mol. The minimum Gasteiger partial charge on any atom is -0.494 e. The maximum atomic E-state index is 11.9. The second kappa shape index (κ2) is 9.44. The topological polar surface area (TPSA) is 79.8 Å². The van der Waals surface area contributed by atoms with Crippen molar-refractivity contribution in [3.05, 3.63) is 64.7 Å². The van der Waals surface area contributed by atoms with E-state index in [1.165, 1.54) is 6.21 Å². The first kappa shape index (κ1) is 18.5. The third-order valence-corrected chi connectivity index (χ3v) is 3.36. The number of ether oxygens (including phenoxy) is 1. The van der Waals surface area contributed by atoms with Gasteiger partial charge in [0.2, 0.25) is 0 Å². The normalized spacial score (nSPS) is 10.5. The number of halogens is 1. The predicted molar refractivity (Wildman–Crippen MR) is 97.1 cm³/mol. The molecule has 0 radical (unpaired) electrons. The monoisotopic (exact) mass is 359 g/mol. The Morgan fingerprint density at radius 2 is 1.80 bits per heavy atom. The molecular formula is C18H18ClN3O3.